The lowest BCUT2D eigenvalue weighted by Crippen LogP contribution is -2.08. The summed E-state index contributed by atoms with van der Waals surface area (Å²) in [5, 5.41) is 0. The lowest BCUT2D eigenvalue weighted by Gasteiger charge is -2.09. The van der Waals surface area contributed by atoms with Crippen molar-refractivity contribution in [3.8, 4) is 0 Å². The SMILES string of the molecule is C=CCn1cnc(COC(=O)C(=C)C)c1Cc1ccccc1. The van der Waals surface area contributed by atoms with Gasteiger partial charge in [0.05, 0.1) is 12.0 Å². The van der Waals surface area contributed by atoms with Gasteiger partial charge in [0.15, 0.2) is 0 Å². The Morgan fingerprint density at radius 2 is 2.09 bits per heavy atom. The van der Waals surface area contributed by atoms with Crippen LogP contribution in [0.5, 0.6) is 0 Å². The van der Waals surface area contributed by atoms with Crippen LogP contribution in [-0.2, 0) is 29.1 Å². The molecule has 0 unspecified atom stereocenters. The molecule has 0 aliphatic rings. The number of hydrogen-bond acceptors (Lipinski definition) is 3. The molecule has 0 saturated heterocycles. The van der Waals surface area contributed by atoms with Gasteiger partial charge in [0.25, 0.3) is 0 Å². The molecular weight excluding hydrogens is 276 g/mol. The molecule has 0 aliphatic carbocycles. The van der Waals surface area contributed by atoms with Crippen molar-refractivity contribution in [2.45, 2.75) is 26.5 Å². The van der Waals surface area contributed by atoms with Gasteiger partial charge in [0.2, 0.25) is 0 Å². The average molecular weight is 296 g/mol. The molecule has 0 atom stereocenters. The van der Waals surface area contributed by atoms with Gasteiger partial charge in [0, 0.05) is 24.2 Å². The van der Waals surface area contributed by atoms with Gasteiger partial charge in [-0.2, -0.15) is 0 Å². The highest BCUT2D eigenvalue weighted by Crippen LogP contribution is 2.15. The van der Waals surface area contributed by atoms with Crippen molar-refractivity contribution >= 4 is 5.97 Å². The summed E-state index contributed by atoms with van der Waals surface area (Å²) >= 11 is 0. The van der Waals surface area contributed by atoms with E-state index < -0.39 is 5.97 Å². The fraction of sp³-hybridized carbons (Fsp3) is 0.222. The fourth-order valence-corrected chi connectivity index (χ4v) is 2.12. The van der Waals surface area contributed by atoms with Crippen LogP contribution in [0, 0.1) is 0 Å². The standard InChI is InChI=1S/C18H20N2O2/c1-4-10-20-13-19-16(12-22-18(21)14(2)3)17(20)11-15-8-6-5-7-9-15/h4-9,13H,1-2,10-12H2,3H3. The number of ether oxygens (including phenoxy) is 1. The summed E-state index contributed by atoms with van der Waals surface area (Å²) < 4.78 is 7.24. The molecule has 4 nitrogen and oxygen atoms in total. The molecule has 1 aromatic heterocycles. The highest BCUT2D eigenvalue weighted by Gasteiger charge is 2.13. The molecular formula is C18H20N2O2. The first-order chi connectivity index (χ1) is 10.6. The van der Waals surface area contributed by atoms with Crippen molar-refractivity contribution in [1.82, 2.24) is 9.55 Å². The van der Waals surface area contributed by atoms with Crippen LogP contribution >= 0.6 is 0 Å². The summed E-state index contributed by atoms with van der Waals surface area (Å²) in [7, 11) is 0. The van der Waals surface area contributed by atoms with Crippen LogP contribution in [0.3, 0.4) is 0 Å². The van der Waals surface area contributed by atoms with Gasteiger partial charge in [-0.05, 0) is 12.5 Å². The zero-order chi connectivity index (χ0) is 15.9. The predicted octanol–water partition coefficient (Wildman–Crippen LogP) is 3.28. The number of aromatic nitrogens is 2. The molecule has 1 heterocycles. The lowest BCUT2D eigenvalue weighted by molar-refractivity contribution is -0.140. The molecule has 0 fully saturated rings. The minimum absolute atomic E-state index is 0.151. The molecule has 0 N–H and O–H groups in total. The van der Waals surface area contributed by atoms with E-state index in [2.05, 4.69) is 30.3 Å². The third-order valence-corrected chi connectivity index (χ3v) is 3.26. The first-order valence-electron chi connectivity index (χ1n) is 7.12. The number of esters is 1. The smallest absolute Gasteiger partial charge is 0.333 e. The van der Waals surface area contributed by atoms with Gasteiger partial charge in [-0.3, -0.25) is 0 Å². The second-order valence-electron chi connectivity index (χ2n) is 5.10. The molecule has 0 aliphatic heterocycles. The van der Waals surface area contributed by atoms with Crippen molar-refractivity contribution in [2.24, 2.45) is 0 Å². The van der Waals surface area contributed by atoms with E-state index in [1.54, 1.807) is 13.3 Å². The Balaban J connectivity index is 2.20. The van der Waals surface area contributed by atoms with E-state index in [0.29, 0.717) is 12.1 Å². The fourth-order valence-electron chi connectivity index (χ4n) is 2.12. The molecule has 2 aromatic rings. The maximum absolute atomic E-state index is 11.5. The predicted molar refractivity (Wildman–Crippen MR) is 86.3 cm³/mol. The minimum atomic E-state index is -0.399. The van der Waals surface area contributed by atoms with E-state index in [0.717, 1.165) is 17.8 Å². The van der Waals surface area contributed by atoms with E-state index in [-0.39, 0.29) is 6.61 Å². The summed E-state index contributed by atoms with van der Waals surface area (Å²) in [6, 6.07) is 10.1. The number of nitrogens with zero attached hydrogens (tertiary/aromatic N) is 2. The largest absolute Gasteiger partial charge is 0.456 e. The third kappa shape index (κ3) is 3.95. The monoisotopic (exact) mass is 296 g/mol. The minimum Gasteiger partial charge on any atom is -0.456 e. The van der Waals surface area contributed by atoms with Crippen LogP contribution in [-0.4, -0.2) is 15.5 Å². The van der Waals surface area contributed by atoms with E-state index in [1.165, 1.54) is 5.56 Å². The Bertz CT molecular complexity index is 672. The van der Waals surface area contributed by atoms with Crippen molar-refractivity contribution in [2.75, 3.05) is 0 Å². The summed E-state index contributed by atoms with van der Waals surface area (Å²) in [5.41, 5.74) is 3.36. The zero-order valence-corrected chi connectivity index (χ0v) is 12.8. The summed E-state index contributed by atoms with van der Waals surface area (Å²) in [6.45, 7) is 9.79. The van der Waals surface area contributed by atoms with E-state index >= 15 is 0 Å². The number of allylic oxidation sites excluding steroid dienone is 1. The summed E-state index contributed by atoms with van der Waals surface area (Å²) in [5.74, 6) is -0.399. The molecule has 1 aromatic carbocycles. The lowest BCUT2D eigenvalue weighted by atomic mass is 10.1. The highest BCUT2D eigenvalue weighted by molar-refractivity contribution is 5.86. The van der Waals surface area contributed by atoms with Crippen molar-refractivity contribution in [3.05, 3.63) is 78.4 Å². The van der Waals surface area contributed by atoms with Crippen LogP contribution in [0.25, 0.3) is 0 Å². The summed E-state index contributed by atoms with van der Waals surface area (Å²) in [6.07, 6.45) is 4.30. The Hall–Kier alpha value is -2.62. The number of imidazole rings is 1. The van der Waals surface area contributed by atoms with E-state index in [9.17, 15) is 4.79 Å². The van der Waals surface area contributed by atoms with Crippen LogP contribution < -0.4 is 0 Å². The number of benzene rings is 1. The molecule has 0 bridgehead atoms. The van der Waals surface area contributed by atoms with Gasteiger partial charge < -0.3 is 9.30 Å². The molecule has 0 spiro atoms. The Labute approximate surface area is 130 Å². The normalized spacial score (nSPS) is 10.2. The summed E-state index contributed by atoms with van der Waals surface area (Å²) in [4.78, 5) is 15.9. The maximum atomic E-state index is 11.5. The second kappa shape index (κ2) is 7.41. The highest BCUT2D eigenvalue weighted by atomic mass is 16.5. The number of hydrogen-bond donors (Lipinski definition) is 0. The van der Waals surface area contributed by atoms with Crippen molar-refractivity contribution in [1.29, 1.82) is 0 Å². The van der Waals surface area contributed by atoms with E-state index in [1.807, 2.05) is 28.8 Å². The van der Waals surface area contributed by atoms with E-state index in [4.69, 9.17) is 4.74 Å². The number of rotatable bonds is 7. The van der Waals surface area contributed by atoms with Gasteiger partial charge in [-0.1, -0.05) is 43.0 Å². The molecule has 0 radical (unpaired) electrons. The first-order valence-corrected chi connectivity index (χ1v) is 7.12. The Morgan fingerprint density at radius 3 is 2.73 bits per heavy atom. The number of carbonyl (C=O) groups is 1. The second-order valence-corrected chi connectivity index (χ2v) is 5.10. The van der Waals surface area contributed by atoms with Gasteiger partial charge in [-0.25, -0.2) is 9.78 Å². The molecule has 0 amide bonds. The topological polar surface area (TPSA) is 44.1 Å². The Morgan fingerprint density at radius 1 is 1.36 bits per heavy atom. The molecule has 114 valence electrons. The van der Waals surface area contributed by atoms with Crippen LogP contribution in [0.1, 0.15) is 23.9 Å². The molecule has 4 heteroatoms. The molecule has 2 rings (SSSR count). The zero-order valence-electron chi connectivity index (χ0n) is 12.8. The van der Waals surface area contributed by atoms with Gasteiger partial charge >= 0.3 is 5.97 Å². The van der Waals surface area contributed by atoms with Crippen LogP contribution in [0.4, 0.5) is 0 Å². The first kappa shape index (κ1) is 15.8. The van der Waals surface area contributed by atoms with Gasteiger partial charge in [-0.15, -0.1) is 6.58 Å². The maximum Gasteiger partial charge on any atom is 0.333 e. The average Bonchev–Trinajstić information content (AvgIpc) is 2.88. The molecule has 22 heavy (non-hydrogen) atoms. The van der Waals surface area contributed by atoms with Crippen molar-refractivity contribution < 1.29 is 9.53 Å². The van der Waals surface area contributed by atoms with Gasteiger partial charge in [0.1, 0.15) is 6.61 Å². The van der Waals surface area contributed by atoms with Crippen LogP contribution in [0.15, 0.2) is 61.5 Å². The number of carbonyl (C=O) groups excluding carboxylic acids is 1. The van der Waals surface area contributed by atoms with Crippen LogP contribution in [0.2, 0.25) is 0 Å². The third-order valence-electron chi connectivity index (χ3n) is 3.26. The quantitative estimate of drug-likeness (QED) is 0.447. The molecule has 0 saturated carbocycles. The van der Waals surface area contributed by atoms with Crippen molar-refractivity contribution in [3.63, 3.8) is 0 Å². The Kier molecular flexibility index (Phi) is 5.31.